The van der Waals surface area contributed by atoms with Crippen LogP contribution in [0.15, 0.2) is 28.7 Å². The Morgan fingerprint density at radius 2 is 2.09 bits per heavy atom. The molecule has 1 saturated heterocycles. The first-order valence-electron chi connectivity index (χ1n) is 7.31. The van der Waals surface area contributed by atoms with Crippen molar-refractivity contribution in [3.05, 3.63) is 40.1 Å². The zero-order valence-corrected chi connectivity index (χ0v) is 12.7. The first kappa shape index (κ1) is 15.0. The van der Waals surface area contributed by atoms with Crippen LogP contribution in [0.2, 0.25) is 0 Å². The predicted octanol–water partition coefficient (Wildman–Crippen LogP) is 0.456. The number of nitro groups is 1. The van der Waals surface area contributed by atoms with Crippen LogP contribution in [-0.4, -0.2) is 43.1 Å². The molecule has 8 nitrogen and oxygen atoms in total. The number of nitrogens with zero attached hydrogens (tertiary/aromatic N) is 4. The van der Waals surface area contributed by atoms with Gasteiger partial charge in [-0.05, 0) is 6.07 Å². The molecule has 1 fully saturated rings. The first-order chi connectivity index (χ1) is 11.1. The summed E-state index contributed by atoms with van der Waals surface area (Å²) >= 11 is 0. The Morgan fingerprint density at radius 1 is 1.39 bits per heavy atom. The summed E-state index contributed by atoms with van der Waals surface area (Å²) in [5, 5.41) is 20.5. The average molecular weight is 314 g/mol. The summed E-state index contributed by atoms with van der Waals surface area (Å²) in [5.41, 5.74) is 0.352. The zero-order valence-electron chi connectivity index (χ0n) is 12.7. The molecule has 0 amide bonds. The number of piperazine rings is 1. The van der Waals surface area contributed by atoms with Gasteiger partial charge in [0.15, 0.2) is 0 Å². The minimum Gasteiger partial charge on any atom is -0.419 e. The average Bonchev–Trinajstić information content (AvgIpc) is 2.99. The van der Waals surface area contributed by atoms with Crippen LogP contribution in [-0.2, 0) is 0 Å². The third kappa shape index (κ3) is 2.86. The number of quaternary nitrogens is 1. The molecule has 1 aliphatic rings. The molecule has 118 valence electrons. The highest BCUT2D eigenvalue weighted by Crippen LogP contribution is 2.33. The summed E-state index contributed by atoms with van der Waals surface area (Å²) < 4.78 is 5.74. The first-order valence-corrected chi connectivity index (χ1v) is 7.31. The van der Waals surface area contributed by atoms with Gasteiger partial charge in [-0.3, -0.25) is 10.1 Å². The van der Waals surface area contributed by atoms with Crippen molar-refractivity contribution < 1.29 is 14.2 Å². The second kappa shape index (κ2) is 6.06. The minimum absolute atomic E-state index is 0.0902. The lowest BCUT2D eigenvalue weighted by atomic mass is 10.2. The molecule has 2 aromatic rings. The van der Waals surface area contributed by atoms with Crippen LogP contribution in [0.25, 0.3) is 11.5 Å². The van der Waals surface area contributed by atoms with E-state index < -0.39 is 4.92 Å². The van der Waals surface area contributed by atoms with E-state index in [4.69, 9.17) is 4.42 Å². The van der Waals surface area contributed by atoms with Crippen LogP contribution in [0, 0.1) is 21.4 Å². The molecule has 0 aliphatic carbocycles. The molecular weight excluding hydrogens is 298 g/mol. The number of rotatable bonds is 3. The molecule has 1 aromatic carbocycles. The third-order valence-electron chi connectivity index (χ3n) is 3.95. The van der Waals surface area contributed by atoms with Gasteiger partial charge in [0.2, 0.25) is 17.5 Å². The van der Waals surface area contributed by atoms with Crippen LogP contribution in [0.4, 0.5) is 11.6 Å². The van der Waals surface area contributed by atoms with Crippen molar-refractivity contribution in [2.24, 2.45) is 0 Å². The van der Waals surface area contributed by atoms with E-state index in [1.807, 2.05) is 11.0 Å². The number of aromatic nitrogens is 1. The van der Waals surface area contributed by atoms with E-state index in [1.54, 1.807) is 18.2 Å². The van der Waals surface area contributed by atoms with E-state index >= 15 is 0 Å². The Bertz CT molecular complexity index is 772. The summed E-state index contributed by atoms with van der Waals surface area (Å²) in [4.78, 5) is 18.2. The van der Waals surface area contributed by atoms with Gasteiger partial charge in [-0.15, -0.1) is 0 Å². The van der Waals surface area contributed by atoms with E-state index in [0.29, 0.717) is 5.88 Å². The minimum atomic E-state index is -0.482. The molecule has 0 radical (unpaired) electrons. The summed E-state index contributed by atoms with van der Waals surface area (Å²) in [6.07, 6.45) is 0. The van der Waals surface area contributed by atoms with Crippen molar-refractivity contribution in [3.8, 4) is 17.5 Å². The number of likely N-dealkylation sites (N-methyl/N-ethyl adjacent to an activating group) is 1. The predicted molar refractivity (Wildman–Crippen MR) is 82.1 cm³/mol. The second-order valence-corrected chi connectivity index (χ2v) is 5.50. The van der Waals surface area contributed by atoms with Crippen LogP contribution >= 0.6 is 0 Å². The molecule has 8 heteroatoms. The number of oxazole rings is 1. The molecule has 1 aliphatic heterocycles. The fourth-order valence-corrected chi connectivity index (χ4v) is 2.62. The fourth-order valence-electron chi connectivity index (χ4n) is 2.62. The van der Waals surface area contributed by atoms with Gasteiger partial charge in [-0.25, -0.2) is 0 Å². The molecule has 1 N–H and O–H groups in total. The van der Waals surface area contributed by atoms with Gasteiger partial charge in [-0.2, -0.15) is 10.2 Å². The maximum atomic E-state index is 11.2. The summed E-state index contributed by atoms with van der Waals surface area (Å²) in [5.74, 6) is 0.503. The van der Waals surface area contributed by atoms with Crippen molar-refractivity contribution >= 4 is 11.6 Å². The molecule has 0 unspecified atom stereocenters. The van der Waals surface area contributed by atoms with Crippen molar-refractivity contribution in [1.82, 2.24) is 4.98 Å². The number of nitriles is 1. The number of benzene rings is 1. The smallest absolute Gasteiger partial charge is 0.282 e. The number of para-hydroxylation sites is 1. The highest BCUT2D eigenvalue weighted by atomic mass is 16.6. The summed E-state index contributed by atoms with van der Waals surface area (Å²) in [7, 11) is 2.11. The fraction of sp³-hybridized carbons (Fsp3) is 0.333. The summed E-state index contributed by atoms with van der Waals surface area (Å²) in [6.45, 7) is 3.39. The molecule has 3 rings (SSSR count). The van der Waals surface area contributed by atoms with Crippen LogP contribution in [0.1, 0.15) is 5.69 Å². The van der Waals surface area contributed by atoms with Crippen molar-refractivity contribution in [1.29, 1.82) is 5.26 Å². The van der Waals surface area contributed by atoms with Gasteiger partial charge < -0.3 is 14.2 Å². The van der Waals surface area contributed by atoms with Crippen LogP contribution in [0.3, 0.4) is 0 Å². The van der Waals surface area contributed by atoms with E-state index in [1.165, 1.54) is 11.0 Å². The van der Waals surface area contributed by atoms with Crippen LogP contribution < -0.4 is 9.80 Å². The number of hydrogen-bond donors (Lipinski definition) is 1. The largest absolute Gasteiger partial charge is 0.419 e. The van der Waals surface area contributed by atoms with E-state index in [9.17, 15) is 15.4 Å². The Balaban J connectivity index is 2.00. The third-order valence-corrected chi connectivity index (χ3v) is 3.95. The maximum absolute atomic E-state index is 11.2. The maximum Gasteiger partial charge on any atom is 0.282 e. The molecule has 23 heavy (non-hydrogen) atoms. The van der Waals surface area contributed by atoms with Crippen molar-refractivity contribution in [3.63, 3.8) is 0 Å². The van der Waals surface area contributed by atoms with Gasteiger partial charge in [0.25, 0.3) is 5.69 Å². The topological polar surface area (TPSA) is 101 Å². The highest BCUT2D eigenvalue weighted by Gasteiger charge is 2.27. The zero-order chi connectivity index (χ0) is 16.4. The Labute approximate surface area is 132 Å². The molecule has 0 spiro atoms. The SMILES string of the molecule is C[NH+]1CCN(c2oc(-c3ccccc3[N+](=O)[O-])nc2C#N)CC1. The Hall–Kier alpha value is -2.92. The molecule has 0 atom stereocenters. The van der Waals surface area contributed by atoms with Gasteiger partial charge in [0.1, 0.15) is 11.6 Å². The van der Waals surface area contributed by atoms with E-state index in [0.717, 1.165) is 26.2 Å². The molecule has 0 bridgehead atoms. The summed E-state index contributed by atoms with van der Waals surface area (Å²) in [6, 6.07) is 8.25. The van der Waals surface area contributed by atoms with E-state index in [2.05, 4.69) is 12.0 Å². The lowest BCUT2D eigenvalue weighted by molar-refractivity contribution is -0.880. The molecule has 2 heterocycles. The van der Waals surface area contributed by atoms with Gasteiger partial charge in [0, 0.05) is 6.07 Å². The Kier molecular flexibility index (Phi) is 3.95. The second-order valence-electron chi connectivity index (χ2n) is 5.50. The number of anilines is 1. The normalized spacial score (nSPS) is 15.4. The standard InChI is InChI=1S/C15H15N5O3/c1-18-6-8-19(9-7-18)15-12(10-16)17-14(23-15)11-4-2-3-5-13(11)20(21)22/h2-5H,6-9H2,1H3/p+1. The van der Waals surface area contributed by atoms with Crippen molar-refractivity contribution in [2.75, 3.05) is 38.1 Å². The lowest BCUT2D eigenvalue weighted by Crippen LogP contribution is -3.12. The molecular formula is C15H16N5O3+. The van der Waals surface area contributed by atoms with E-state index in [-0.39, 0.29) is 22.8 Å². The monoisotopic (exact) mass is 314 g/mol. The van der Waals surface area contributed by atoms with Crippen LogP contribution in [0.5, 0.6) is 0 Å². The number of hydrogen-bond acceptors (Lipinski definition) is 6. The number of nitrogens with one attached hydrogen (secondary N) is 1. The number of nitro benzene ring substituents is 1. The quantitative estimate of drug-likeness (QED) is 0.652. The van der Waals surface area contributed by atoms with Gasteiger partial charge >= 0.3 is 0 Å². The Morgan fingerprint density at radius 3 is 2.74 bits per heavy atom. The van der Waals surface area contributed by atoms with Gasteiger partial charge in [0.05, 0.1) is 38.2 Å². The van der Waals surface area contributed by atoms with Gasteiger partial charge in [-0.1, -0.05) is 12.1 Å². The molecule has 1 aromatic heterocycles. The highest BCUT2D eigenvalue weighted by molar-refractivity contribution is 5.68. The van der Waals surface area contributed by atoms with Crippen molar-refractivity contribution in [2.45, 2.75) is 0 Å². The molecule has 0 saturated carbocycles. The lowest BCUT2D eigenvalue weighted by Gasteiger charge is -2.29.